The topological polar surface area (TPSA) is 88.6 Å². The third kappa shape index (κ3) is 4.60. The van der Waals surface area contributed by atoms with Gasteiger partial charge in [0.15, 0.2) is 0 Å². The van der Waals surface area contributed by atoms with Gasteiger partial charge in [0, 0.05) is 25.0 Å². The van der Waals surface area contributed by atoms with Crippen molar-refractivity contribution in [3.05, 3.63) is 46.7 Å². The third-order valence-corrected chi connectivity index (χ3v) is 5.61. The zero-order valence-corrected chi connectivity index (χ0v) is 15.0. The SMILES string of the molecule is C[P@@](OCC1OC(n2ccc(N)nc2=O)CS1)OC1=CC=CCC1. The summed E-state index contributed by atoms with van der Waals surface area (Å²) in [5.74, 6) is 1.84. The number of thioether (sulfide) groups is 1. The predicted octanol–water partition coefficient (Wildman–Crippen LogP) is 2.62. The van der Waals surface area contributed by atoms with Crippen LogP contribution in [-0.2, 0) is 13.8 Å². The Morgan fingerprint density at radius 1 is 1.58 bits per heavy atom. The molecule has 1 fully saturated rings. The average molecular weight is 369 g/mol. The molecule has 0 amide bonds. The van der Waals surface area contributed by atoms with Gasteiger partial charge in [0.1, 0.15) is 23.2 Å². The molecule has 9 heteroatoms. The van der Waals surface area contributed by atoms with Gasteiger partial charge in [-0.15, -0.1) is 11.8 Å². The fourth-order valence-corrected chi connectivity index (χ4v) is 4.31. The van der Waals surface area contributed by atoms with Crippen LogP contribution in [0.2, 0.25) is 0 Å². The van der Waals surface area contributed by atoms with E-state index in [2.05, 4.69) is 11.1 Å². The van der Waals surface area contributed by atoms with Crippen LogP contribution in [0.25, 0.3) is 0 Å². The Labute approximate surface area is 145 Å². The molecule has 2 aliphatic rings. The molecule has 3 atom stereocenters. The summed E-state index contributed by atoms with van der Waals surface area (Å²) < 4.78 is 18.9. The van der Waals surface area contributed by atoms with Gasteiger partial charge in [0.05, 0.1) is 6.61 Å². The summed E-state index contributed by atoms with van der Waals surface area (Å²) in [6, 6.07) is 1.59. The lowest BCUT2D eigenvalue weighted by Crippen LogP contribution is -2.28. The number of hydrogen-bond acceptors (Lipinski definition) is 7. The van der Waals surface area contributed by atoms with Gasteiger partial charge in [0.25, 0.3) is 0 Å². The first-order valence-corrected chi connectivity index (χ1v) is 10.3. The maximum atomic E-state index is 11.8. The highest BCUT2D eigenvalue weighted by molar-refractivity contribution is 8.00. The van der Waals surface area contributed by atoms with Gasteiger partial charge in [-0.1, -0.05) is 12.2 Å². The quantitative estimate of drug-likeness (QED) is 0.771. The van der Waals surface area contributed by atoms with E-state index in [4.69, 9.17) is 19.5 Å². The number of nitrogen functional groups attached to an aromatic ring is 1. The molecule has 2 N–H and O–H groups in total. The van der Waals surface area contributed by atoms with E-state index in [0.717, 1.165) is 18.6 Å². The van der Waals surface area contributed by atoms with Crippen LogP contribution in [0.5, 0.6) is 0 Å². The van der Waals surface area contributed by atoms with Crippen LogP contribution in [0.3, 0.4) is 0 Å². The summed E-state index contributed by atoms with van der Waals surface area (Å²) in [4.78, 5) is 15.6. The van der Waals surface area contributed by atoms with Gasteiger partial charge in [-0.25, -0.2) is 4.79 Å². The second kappa shape index (κ2) is 8.16. The van der Waals surface area contributed by atoms with Crippen molar-refractivity contribution in [1.29, 1.82) is 0 Å². The van der Waals surface area contributed by atoms with Crippen molar-refractivity contribution in [2.75, 3.05) is 24.8 Å². The molecule has 2 heterocycles. The first kappa shape index (κ1) is 17.5. The lowest BCUT2D eigenvalue weighted by molar-refractivity contribution is -0.00186. The molecule has 0 radical (unpaired) electrons. The van der Waals surface area contributed by atoms with Crippen LogP contribution in [0.15, 0.2) is 41.0 Å². The summed E-state index contributed by atoms with van der Waals surface area (Å²) in [7, 11) is -0.992. The molecule has 2 unspecified atom stereocenters. The van der Waals surface area contributed by atoms with E-state index in [1.165, 1.54) is 4.57 Å². The predicted molar refractivity (Wildman–Crippen MR) is 95.6 cm³/mol. The third-order valence-electron chi connectivity index (χ3n) is 3.51. The molecule has 1 aliphatic heterocycles. The lowest BCUT2D eigenvalue weighted by Gasteiger charge is -2.19. The van der Waals surface area contributed by atoms with Crippen molar-refractivity contribution in [3.63, 3.8) is 0 Å². The Morgan fingerprint density at radius 2 is 2.46 bits per heavy atom. The number of anilines is 1. The van der Waals surface area contributed by atoms with Gasteiger partial charge in [0.2, 0.25) is 8.38 Å². The number of nitrogens with zero attached hydrogens (tertiary/aromatic N) is 2. The van der Waals surface area contributed by atoms with E-state index in [9.17, 15) is 4.79 Å². The fraction of sp³-hybridized carbons (Fsp3) is 0.467. The normalized spacial score (nSPS) is 24.6. The second-order valence-corrected chi connectivity index (χ2v) is 7.84. The highest BCUT2D eigenvalue weighted by Crippen LogP contribution is 2.40. The largest absolute Gasteiger partial charge is 0.452 e. The van der Waals surface area contributed by atoms with E-state index < -0.39 is 14.1 Å². The smallest absolute Gasteiger partial charge is 0.351 e. The number of hydrogen-bond donors (Lipinski definition) is 1. The molecule has 3 rings (SSSR count). The zero-order valence-electron chi connectivity index (χ0n) is 13.3. The van der Waals surface area contributed by atoms with Crippen LogP contribution in [0.4, 0.5) is 5.82 Å². The summed E-state index contributed by atoms with van der Waals surface area (Å²) >= 11 is 1.61. The van der Waals surface area contributed by atoms with E-state index in [1.807, 2.05) is 18.8 Å². The highest BCUT2D eigenvalue weighted by Gasteiger charge is 2.29. The minimum atomic E-state index is -0.992. The Hall–Kier alpha value is -1.34. The van der Waals surface area contributed by atoms with E-state index in [1.54, 1.807) is 24.0 Å². The lowest BCUT2D eigenvalue weighted by atomic mass is 10.2. The highest BCUT2D eigenvalue weighted by atomic mass is 32.2. The molecule has 1 aliphatic carbocycles. The number of rotatable bonds is 6. The molecule has 130 valence electrons. The van der Waals surface area contributed by atoms with Crippen molar-refractivity contribution >= 4 is 26.0 Å². The molecule has 24 heavy (non-hydrogen) atoms. The van der Waals surface area contributed by atoms with Crippen LogP contribution in [-0.4, -0.2) is 34.0 Å². The van der Waals surface area contributed by atoms with Crippen LogP contribution >= 0.6 is 20.1 Å². The van der Waals surface area contributed by atoms with Crippen molar-refractivity contribution < 1.29 is 13.8 Å². The minimum Gasteiger partial charge on any atom is -0.452 e. The van der Waals surface area contributed by atoms with Crippen LogP contribution in [0.1, 0.15) is 19.1 Å². The maximum Gasteiger partial charge on any atom is 0.351 e. The molecule has 0 saturated carbocycles. The molecule has 0 bridgehead atoms. The van der Waals surface area contributed by atoms with Crippen molar-refractivity contribution in [1.82, 2.24) is 9.55 Å². The van der Waals surface area contributed by atoms with Crippen LogP contribution < -0.4 is 11.4 Å². The Balaban J connectivity index is 1.46. The monoisotopic (exact) mass is 369 g/mol. The van der Waals surface area contributed by atoms with E-state index in [0.29, 0.717) is 12.4 Å². The van der Waals surface area contributed by atoms with Gasteiger partial charge in [-0.2, -0.15) is 4.98 Å². The van der Waals surface area contributed by atoms with Crippen molar-refractivity contribution in [3.8, 4) is 0 Å². The summed E-state index contributed by atoms with van der Waals surface area (Å²) in [5, 5.41) is 0. The molecule has 7 nitrogen and oxygen atoms in total. The van der Waals surface area contributed by atoms with Gasteiger partial charge in [-0.05, 0) is 18.6 Å². The number of ether oxygens (including phenoxy) is 1. The molecule has 0 aromatic carbocycles. The molecular formula is C15H20N3O4PS. The summed E-state index contributed by atoms with van der Waals surface area (Å²) in [5.41, 5.74) is 4.97. The van der Waals surface area contributed by atoms with Crippen molar-refractivity contribution in [2.24, 2.45) is 0 Å². The van der Waals surface area contributed by atoms with E-state index >= 15 is 0 Å². The number of nitrogens with two attached hydrogens (primary N) is 1. The second-order valence-electron chi connectivity index (χ2n) is 5.32. The van der Waals surface area contributed by atoms with E-state index in [-0.39, 0.29) is 17.5 Å². The summed E-state index contributed by atoms with van der Waals surface area (Å²) in [6.07, 6.45) is 9.27. The first-order valence-electron chi connectivity index (χ1n) is 7.64. The van der Waals surface area contributed by atoms with Crippen LogP contribution in [0, 0.1) is 0 Å². The molecule has 1 aromatic rings. The average Bonchev–Trinajstić information content (AvgIpc) is 3.02. The molecule has 1 saturated heterocycles. The first-order chi connectivity index (χ1) is 11.6. The Bertz CT molecular complexity index is 694. The number of aromatic nitrogens is 2. The summed E-state index contributed by atoms with van der Waals surface area (Å²) in [6.45, 7) is 2.35. The number of allylic oxidation sites excluding steroid dienone is 4. The zero-order chi connectivity index (χ0) is 16.9. The Kier molecular flexibility index (Phi) is 5.94. The molecule has 1 aromatic heterocycles. The standard InChI is InChI=1S/C15H20N3O4PS/c1-23(22-11-5-3-2-4-6-11)20-9-14-21-13(10-24-14)18-8-7-12(16)17-15(18)19/h2-3,5,7-8,13-14H,4,6,9-10H2,1H3,(H2,16,17,19)/t13?,14?,23-/m0/s1. The fourth-order valence-electron chi connectivity index (χ4n) is 2.34. The minimum absolute atomic E-state index is 0.131. The Morgan fingerprint density at radius 3 is 3.21 bits per heavy atom. The van der Waals surface area contributed by atoms with Gasteiger partial charge < -0.3 is 19.5 Å². The maximum absolute atomic E-state index is 11.8. The molecule has 0 spiro atoms. The van der Waals surface area contributed by atoms with Gasteiger partial charge in [-0.3, -0.25) is 4.57 Å². The molecular weight excluding hydrogens is 349 g/mol. The van der Waals surface area contributed by atoms with Gasteiger partial charge >= 0.3 is 5.69 Å². The van der Waals surface area contributed by atoms with Crippen molar-refractivity contribution in [2.45, 2.75) is 24.5 Å².